The zero-order valence-electron chi connectivity index (χ0n) is 33.6. The number of benzene rings is 9. The fourth-order valence-corrected chi connectivity index (χ4v) is 9.04. The first-order valence-corrected chi connectivity index (χ1v) is 20.9. The summed E-state index contributed by atoms with van der Waals surface area (Å²) in [7, 11) is 0. The van der Waals surface area contributed by atoms with Crippen LogP contribution in [0.1, 0.15) is 0 Å². The Bertz CT molecular complexity index is 3620. The maximum Gasteiger partial charge on any atom is 0.164 e. The van der Waals surface area contributed by atoms with E-state index < -0.39 is 0 Å². The topological polar surface area (TPSA) is 48.5 Å². The number of hydrogen-bond acceptors (Lipinski definition) is 3. The van der Waals surface area contributed by atoms with Gasteiger partial charge in [0.1, 0.15) is 0 Å². The molecule has 0 bridgehead atoms. The summed E-state index contributed by atoms with van der Waals surface area (Å²) in [5, 5.41) is 4.69. The summed E-state index contributed by atoms with van der Waals surface area (Å²) in [6.45, 7) is 0. The molecule has 0 aliphatic carbocycles. The van der Waals surface area contributed by atoms with E-state index >= 15 is 0 Å². The molecule has 0 aliphatic heterocycles. The van der Waals surface area contributed by atoms with Crippen molar-refractivity contribution in [2.24, 2.45) is 0 Å². The van der Waals surface area contributed by atoms with Gasteiger partial charge in [0.25, 0.3) is 0 Å². The van der Waals surface area contributed by atoms with Crippen molar-refractivity contribution in [1.82, 2.24) is 24.1 Å². The molecule has 3 aromatic heterocycles. The SMILES string of the molecule is c1ccc(-c2cccc(-c3cccc(-c4nc(-c5ccc6c(c5)c5ccccc5n6-c5ccccc5)nc(-c5ccc6c7ccccc7n(-c7ccccc7)c6c5)n4)c3)c2)cc1. The first-order valence-electron chi connectivity index (χ1n) is 20.9. The lowest BCUT2D eigenvalue weighted by atomic mass is 9.98. The molecule has 3 heterocycles. The van der Waals surface area contributed by atoms with Crippen molar-refractivity contribution in [3.63, 3.8) is 0 Å². The minimum atomic E-state index is 0.611. The van der Waals surface area contributed by atoms with Crippen LogP contribution >= 0.6 is 0 Å². The predicted octanol–water partition coefficient (Wildman–Crippen LogP) is 14.4. The number of aromatic nitrogens is 5. The van der Waals surface area contributed by atoms with Crippen LogP contribution in [0.4, 0.5) is 0 Å². The second-order valence-corrected chi connectivity index (χ2v) is 15.7. The summed E-state index contributed by atoms with van der Waals surface area (Å²) in [5.41, 5.74) is 14.1. The molecular formula is C57H37N5. The van der Waals surface area contributed by atoms with Crippen molar-refractivity contribution in [3.05, 3.63) is 224 Å². The highest BCUT2D eigenvalue weighted by Crippen LogP contribution is 2.38. The van der Waals surface area contributed by atoms with E-state index in [-0.39, 0.29) is 0 Å². The van der Waals surface area contributed by atoms with Gasteiger partial charge in [0.05, 0.1) is 22.1 Å². The lowest BCUT2D eigenvalue weighted by Gasteiger charge is -2.12. The molecule has 5 nitrogen and oxygen atoms in total. The second kappa shape index (κ2) is 14.7. The Morgan fingerprint density at radius 2 is 0.613 bits per heavy atom. The van der Waals surface area contributed by atoms with Crippen LogP contribution in [0.3, 0.4) is 0 Å². The molecule has 0 unspecified atom stereocenters. The minimum Gasteiger partial charge on any atom is -0.309 e. The van der Waals surface area contributed by atoms with Crippen LogP contribution in [-0.2, 0) is 0 Å². The fraction of sp³-hybridized carbons (Fsp3) is 0. The smallest absolute Gasteiger partial charge is 0.164 e. The van der Waals surface area contributed by atoms with Crippen LogP contribution < -0.4 is 0 Å². The van der Waals surface area contributed by atoms with Crippen molar-refractivity contribution < 1.29 is 0 Å². The molecule has 5 heteroatoms. The van der Waals surface area contributed by atoms with Crippen LogP contribution in [0.25, 0.3) is 111 Å². The van der Waals surface area contributed by atoms with Gasteiger partial charge in [-0.25, -0.2) is 15.0 Å². The van der Waals surface area contributed by atoms with Crippen LogP contribution in [0, 0.1) is 0 Å². The Kier molecular flexibility index (Phi) is 8.42. The molecule has 0 atom stereocenters. The van der Waals surface area contributed by atoms with E-state index in [0.29, 0.717) is 17.5 Å². The molecule has 12 rings (SSSR count). The van der Waals surface area contributed by atoms with Crippen molar-refractivity contribution >= 4 is 43.6 Å². The van der Waals surface area contributed by atoms with Gasteiger partial charge in [-0.1, -0.05) is 152 Å². The molecule has 0 aliphatic rings. The molecule has 0 spiro atoms. The van der Waals surface area contributed by atoms with E-state index in [1.807, 2.05) is 0 Å². The number of nitrogens with zero attached hydrogens (tertiary/aromatic N) is 5. The fourth-order valence-electron chi connectivity index (χ4n) is 9.04. The zero-order chi connectivity index (χ0) is 41.0. The van der Waals surface area contributed by atoms with E-state index in [1.165, 1.54) is 27.3 Å². The molecule has 0 saturated heterocycles. The van der Waals surface area contributed by atoms with Crippen molar-refractivity contribution in [2.75, 3.05) is 0 Å². The van der Waals surface area contributed by atoms with Gasteiger partial charge in [0, 0.05) is 49.6 Å². The minimum absolute atomic E-state index is 0.611. The highest BCUT2D eigenvalue weighted by Gasteiger charge is 2.19. The van der Waals surface area contributed by atoms with Crippen LogP contribution in [-0.4, -0.2) is 24.1 Å². The molecule has 0 saturated carbocycles. The summed E-state index contributed by atoms with van der Waals surface area (Å²) in [4.78, 5) is 15.9. The van der Waals surface area contributed by atoms with Crippen molar-refractivity contribution in [3.8, 4) is 67.8 Å². The summed E-state index contributed by atoms with van der Waals surface area (Å²) >= 11 is 0. The quantitative estimate of drug-likeness (QED) is 0.162. The average molecular weight is 792 g/mol. The van der Waals surface area contributed by atoms with Crippen LogP contribution in [0.5, 0.6) is 0 Å². The Morgan fingerprint density at radius 3 is 1.23 bits per heavy atom. The lowest BCUT2D eigenvalue weighted by Crippen LogP contribution is -2.01. The van der Waals surface area contributed by atoms with E-state index in [4.69, 9.17) is 15.0 Å². The highest BCUT2D eigenvalue weighted by atomic mass is 15.0. The average Bonchev–Trinajstić information content (AvgIpc) is 3.87. The third kappa shape index (κ3) is 6.06. The lowest BCUT2D eigenvalue weighted by molar-refractivity contribution is 1.07. The summed E-state index contributed by atoms with van der Waals surface area (Å²) in [6, 6.07) is 79.2. The summed E-state index contributed by atoms with van der Waals surface area (Å²) < 4.78 is 4.67. The Morgan fingerprint density at radius 1 is 0.226 bits per heavy atom. The zero-order valence-corrected chi connectivity index (χ0v) is 33.6. The Balaban J connectivity index is 1.06. The number of fused-ring (bicyclic) bond motifs is 6. The van der Waals surface area contributed by atoms with E-state index in [2.05, 4.69) is 234 Å². The van der Waals surface area contributed by atoms with Gasteiger partial charge in [-0.3, -0.25) is 0 Å². The number of rotatable bonds is 7. The molecule has 9 aromatic carbocycles. The van der Waals surface area contributed by atoms with Gasteiger partial charge in [-0.05, 0) is 95.1 Å². The normalized spacial score (nSPS) is 11.5. The van der Waals surface area contributed by atoms with Gasteiger partial charge < -0.3 is 9.13 Å². The molecule has 0 fully saturated rings. The van der Waals surface area contributed by atoms with E-state index in [9.17, 15) is 0 Å². The third-order valence-corrected chi connectivity index (χ3v) is 12.0. The van der Waals surface area contributed by atoms with Gasteiger partial charge in [-0.15, -0.1) is 0 Å². The molecule has 0 radical (unpaired) electrons. The van der Waals surface area contributed by atoms with E-state index in [1.54, 1.807) is 0 Å². The summed E-state index contributed by atoms with van der Waals surface area (Å²) in [6.07, 6.45) is 0. The van der Waals surface area contributed by atoms with Gasteiger partial charge in [0.2, 0.25) is 0 Å². The van der Waals surface area contributed by atoms with Crippen LogP contribution in [0.2, 0.25) is 0 Å². The first-order chi connectivity index (χ1) is 30.7. The predicted molar refractivity (Wildman–Crippen MR) is 256 cm³/mol. The third-order valence-electron chi connectivity index (χ3n) is 12.0. The molecule has 0 N–H and O–H groups in total. The molecule has 62 heavy (non-hydrogen) atoms. The number of para-hydroxylation sites is 4. The van der Waals surface area contributed by atoms with Gasteiger partial charge in [0.15, 0.2) is 17.5 Å². The number of hydrogen-bond donors (Lipinski definition) is 0. The van der Waals surface area contributed by atoms with Crippen molar-refractivity contribution in [1.29, 1.82) is 0 Å². The maximum absolute atomic E-state index is 5.30. The van der Waals surface area contributed by atoms with Gasteiger partial charge in [-0.2, -0.15) is 0 Å². The Hall–Kier alpha value is -8.41. The second-order valence-electron chi connectivity index (χ2n) is 15.7. The van der Waals surface area contributed by atoms with Crippen molar-refractivity contribution in [2.45, 2.75) is 0 Å². The van der Waals surface area contributed by atoms with Crippen LogP contribution in [0.15, 0.2) is 224 Å². The maximum atomic E-state index is 5.30. The van der Waals surface area contributed by atoms with E-state index in [0.717, 1.165) is 66.6 Å². The summed E-state index contributed by atoms with van der Waals surface area (Å²) in [5.74, 6) is 1.84. The van der Waals surface area contributed by atoms with Gasteiger partial charge >= 0.3 is 0 Å². The molecule has 12 aromatic rings. The highest BCUT2D eigenvalue weighted by molar-refractivity contribution is 6.11. The standard InChI is InChI=1S/C57H37N5/c1-4-16-38(17-5-1)39-18-14-19-40(34-39)41-20-15-21-42(35-41)55-58-56(43-31-33-53-50(36-43)48-27-11-13-29-52(48)61(53)45-22-6-2-7-23-45)60-57(59-55)44-30-32-49-47-26-10-12-28-51(47)62(54(49)37-44)46-24-8-3-9-25-46/h1-37H. The Labute approximate surface area is 358 Å². The molecular weight excluding hydrogens is 755 g/mol. The largest absolute Gasteiger partial charge is 0.309 e. The monoisotopic (exact) mass is 791 g/mol. The molecule has 290 valence electrons. The molecule has 0 amide bonds. The first kappa shape index (κ1) is 35.5.